The van der Waals surface area contributed by atoms with Crippen LogP contribution in [0.15, 0.2) is 64.7 Å². The molecular formula is C26H22FN3O8. The minimum atomic E-state index is -1.19. The lowest BCUT2D eigenvalue weighted by Gasteiger charge is -2.12. The van der Waals surface area contributed by atoms with E-state index in [0.29, 0.717) is 35.1 Å². The summed E-state index contributed by atoms with van der Waals surface area (Å²) in [6, 6.07) is 11.9. The lowest BCUT2D eigenvalue weighted by Crippen LogP contribution is -2.38. The summed E-state index contributed by atoms with van der Waals surface area (Å²) in [5.41, 5.74) is 0.782. The van der Waals surface area contributed by atoms with Gasteiger partial charge in [0.05, 0.1) is 6.61 Å². The second kappa shape index (κ2) is 11.3. The average molecular weight is 523 g/mol. The van der Waals surface area contributed by atoms with Crippen LogP contribution in [0.1, 0.15) is 28.8 Å². The van der Waals surface area contributed by atoms with Gasteiger partial charge in [-0.25, -0.2) is 18.9 Å². The highest BCUT2D eigenvalue weighted by Crippen LogP contribution is 2.30. The number of imide groups is 1. The predicted molar refractivity (Wildman–Crippen MR) is 131 cm³/mol. The van der Waals surface area contributed by atoms with Crippen LogP contribution >= 0.6 is 0 Å². The van der Waals surface area contributed by atoms with Crippen LogP contribution in [0, 0.1) is 5.82 Å². The molecule has 4 rings (SSSR count). The van der Waals surface area contributed by atoms with Gasteiger partial charge in [0.25, 0.3) is 5.91 Å². The number of carboxylic acids is 1. The van der Waals surface area contributed by atoms with Gasteiger partial charge in [-0.15, -0.1) is 0 Å². The molecule has 2 aromatic carbocycles. The molecule has 0 radical (unpaired) electrons. The Morgan fingerprint density at radius 2 is 1.84 bits per heavy atom. The van der Waals surface area contributed by atoms with Crippen LogP contribution in [-0.4, -0.2) is 47.0 Å². The zero-order valence-corrected chi connectivity index (χ0v) is 20.0. The first-order chi connectivity index (χ1) is 18.2. The number of anilines is 1. The minimum Gasteiger partial charge on any atom is -0.490 e. The quantitative estimate of drug-likeness (QED) is 0.270. The van der Waals surface area contributed by atoms with Crippen molar-refractivity contribution < 1.29 is 42.6 Å². The Balaban J connectivity index is 1.43. The third kappa shape index (κ3) is 6.16. The fourth-order valence-electron chi connectivity index (χ4n) is 3.48. The summed E-state index contributed by atoms with van der Waals surface area (Å²) >= 11 is 0. The van der Waals surface area contributed by atoms with Crippen molar-refractivity contribution in [3.05, 3.63) is 83.2 Å². The van der Waals surface area contributed by atoms with E-state index in [9.17, 15) is 23.6 Å². The van der Waals surface area contributed by atoms with Crippen LogP contribution in [0.5, 0.6) is 11.5 Å². The van der Waals surface area contributed by atoms with E-state index in [2.05, 4.69) is 10.6 Å². The summed E-state index contributed by atoms with van der Waals surface area (Å²) in [5.74, 6) is -2.19. The molecule has 196 valence electrons. The topological polar surface area (TPSA) is 147 Å². The Morgan fingerprint density at radius 3 is 2.53 bits per heavy atom. The molecule has 4 amide bonds. The zero-order valence-electron chi connectivity index (χ0n) is 20.0. The number of carbonyl (C=O) groups excluding carboxylic acids is 3. The van der Waals surface area contributed by atoms with Gasteiger partial charge < -0.3 is 29.6 Å². The van der Waals surface area contributed by atoms with Gasteiger partial charge in [0.1, 0.15) is 30.4 Å². The van der Waals surface area contributed by atoms with Gasteiger partial charge in [-0.05, 0) is 67.1 Å². The maximum Gasteiger partial charge on any atom is 0.371 e. The van der Waals surface area contributed by atoms with Crippen molar-refractivity contribution in [2.75, 3.05) is 18.5 Å². The fraction of sp³-hybridized carbons (Fsp3) is 0.154. The molecule has 1 fully saturated rings. The Morgan fingerprint density at radius 1 is 1.08 bits per heavy atom. The number of carboxylic acid groups (broad SMARTS) is 1. The molecule has 1 aliphatic heterocycles. The van der Waals surface area contributed by atoms with Crippen molar-refractivity contribution in [1.82, 2.24) is 10.2 Å². The van der Waals surface area contributed by atoms with Crippen molar-refractivity contribution in [3.8, 4) is 11.5 Å². The highest BCUT2D eigenvalue weighted by Gasteiger charge is 2.35. The molecule has 3 aromatic rings. The highest BCUT2D eigenvalue weighted by molar-refractivity contribution is 6.16. The van der Waals surface area contributed by atoms with Crippen molar-refractivity contribution in [2.45, 2.75) is 13.5 Å². The van der Waals surface area contributed by atoms with Gasteiger partial charge in [-0.3, -0.25) is 9.59 Å². The third-order valence-corrected chi connectivity index (χ3v) is 5.21. The van der Waals surface area contributed by atoms with Crippen LogP contribution in [0.2, 0.25) is 0 Å². The van der Waals surface area contributed by atoms with E-state index in [1.54, 1.807) is 25.1 Å². The maximum absolute atomic E-state index is 13.0. The number of ether oxygens (including phenoxy) is 2. The molecule has 1 aliphatic rings. The van der Waals surface area contributed by atoms with E-state index in [0.717, 1.165) is 4.90 Å². The average Bonchev–Trinajstić information content (AvgIpc) is 3.46. The number of amides is 4. The zero-order chi connectivity index (χ0) is 27.2. The molecule has 12 heteroatoms. The number of urea groups is 1. The Kier molecular flexibility index (Phi) is 7.71. The molecule has 1 saturated heterocycles. The lowest BCUT2D eigenvalue weighted by molar-refractivity contribution is -0.127. The monoisotopic (exact) mass is 523 g/mol. The number of carbonyl (C=O) groups is 4. The van der Waals surface area contributed by atoms with E-state index >= 15 is 0 Å². The van der Waals surface area contributed by atoms with E-state index in [1.165, 1.54) is 42.5 Å². The normalized spacial score (nSPS) is 13.9. The van der Waals surface area contributed by atoms with Crippen molar-refractivity contribution in [3.63, 3.8) is 0 Å². The summed E-state index contributed by atoms with van der Waals surface area (Å²) in [6.45, 7) is 1.51. The smallest absolute Gasteiger partial charge is 0.371 e. The first-order valence-electron chi connectivity index (χ1n) is 11.3. The van der Waals surface area contributed by atoms with Crippen LogP contribution in [-0.2, 0) is 16.2 Å². The summed E-state index contributed by atoms with van der Waals surface area (Å²) in [4.78, 5) is 49.1. The van der Waals surface area contributed by atoms with Crippen LogP contribution < -0.4 is 20.1 Å². The standard InChI is InChI=1S/C26H22FN3O8/c1-2-36-22-12-15(3-9-20(22)37-14-18-8-10-21(38-18)25(33)34)11-19-24(32)30(26(35)29-19)13-23(31)28-17-6-4-16(27)5-7-17/h3-12H,2,13-14H2,1H3,(H,28,31)(H,29,35)(H,33,34). The number of benzene rings is 2. The first kappa shape index (κ1) is 25.9. The number of hydrogen-bond donors (Lipinski definition) is 3. The third-order valence-electron chi connectivity index (χ3n) is 5.21. The summed E-state index contributed by atoms with van der Waals surface area (Å²) < 4.78 is 29.5. The Bertz CT molecular complexity index is 1410. The summed E-state index contributed by atoms with van der Waals surface area (Å²) in [7, 11) is 0. The van der Waals surface area contributed by atoms with Gasteiger partial charge in [0.15, 0.2) is 11.5 Å². The van der Waals surface area contributed by atoms with E-state index in [-0.39, 0.29) is 18.1 Å². The molecule has 38 heavy (non-hydrogen) atoms. The van der Waals surface area contributed by atoms with Gasteiger partial charge in [-0.1, -0.05) is 6.07 Å². The van der Waals surface area contributed by atoms with Crippen LogP contribution in [0.3, 0.4) is 0 Å². The molecule has 1 aromatic heterocycles. The second-order valence-corrected chi connectivity index (χ2v) is 7.93. The number of aromatic carboxylic acids is 1. The summed E-state index contributed by atoms with van der Waals surface area (Å²) in [5, 5.41) is 13.9. The van der Waals surface area contributed by atoms with Gasteiger partial charge in [-0.2, -0.15) is 0 Å². The van der Waals surface area contributed by atoms with Crippen molar-refractivity contribution in [2.24, 2.45) is 0 Å². The number of rotatable bonds is 10. The fourth-order valence-corrected chi connectivity index (χ4v) is 3.48. The molecule has 11 nitrogen and oxygen atoms in total. The highest BCUT2D eigenvalue weighted by atomic mass is 19.1. The Hall–Kier alpha value is -5.13. The Labute approximate surface area is 215 Å². The van der Waals surface area contributed by atoms with Crippen molar-refractivity contribution >= 4 is 35.6 Å². The SMILES string of the molecule is CCOc1cc(C=C2NC(=O)N(CC(=O)Nc3ccc(F)cc3)C2=O)ccc1OCc1ccc(C(=O)O)o1. The molecule has 3 N–H and O–H groups in total. The van der Waals surface area contributed by atoms with Gasteiger partial charge in [0, 0.05) is 5.69 Å². The minimum absolute atomic E-state index is 0.0440. The number of halogens is 1. The predicted octanol–water partition coefficient (Wildman–Crippen LogP) is 3.63. The molecule has 2 heterocycles. The lowest BCUT2D eigenvalue weighted by atomic mass is 10.1. The number of furan rings is 1. The van der Waals surface area contributed by atoms with Crippen LogP contribution in [0.4, 0.5) is 14.9 Å². The molecule has 0 atom stereocenters. The molecular weight excluding hydrogens is 501 g/mol. The van der Waals surface area contributed by atoms with E-state index < -0.39 is 36.2 Å². The molecule has 0 unspecified atom stereocenters. The maximum atomic E-state index is 13.0. The number of nitrogens with zero attached hydrogens (tertiary/aromatic N) is 1. The number of nitrogens with one attached hydrogen (secondary N) is 2. The van der Waals surface area contributed by atoms with Gasteiger partial charge in [0.2, 0.25) is 11.7 Å². The van der Waals surface area contributed by atoms with Crippen LogP contribution in [0.25, 0.3) is 6.08 Å². The molecule has 0 saturated carbocycles. The summed E-state index contributed by atoms with van der Waals surface area (Å²) in [6.07, 6.45) is 1.43. The van der Waals surface area contributed by atoms with E-state index in [1.807, 2.05) is 0 Å². The molecule has 0 bridgehead atoms. The second-order valence-electron chi connectivity index (χ2n) is 7.93. The van der Waals surface area contributed by atoms with Gasteiger partial charge >= 0.3 is 12.0 Å². The first-order valence-corrected chi connectivity index (χ1v) is 11.3. The molecule has 0 spiro atoms. The molecule has 0 aliphatic carbocycles. The number of hydrogen-bond acceptors (Lipinski definition) is 7. The van der Waals surface area contributed by atoms with E-state index in [4.69, 9.17) is 19.0 Å². The van der Waals surface area contributed by atoms with Crippen molar-refractivity contribution in [1.29, 1.82) is 0 Å². The largest absolute Gasteiger partial charge is 0.490 e.